The molecule has 20 heavy (non-hydrogen) atoms. The average Bonchev–Trinajstić information content (AvgIpc) is 3.19. The molecule has 0 radical (unpaired) electrons. The third-order valence-electron chi connectivity index (χ3n) is 4.79. The number of likely N-dealkylation sites (N-methyl/N-ethyl adjacent to an activating group) is 2. The molecule has 1 heterocycles. The van der Waals surface area contributed by atoms with E-state index in [2.05, 4.69) is 29.1 Å². The molecular formula is C15H29N3O2. The summed E-state index contributed by atoms with van der Waals surface area (Å²) in [5.74, 6) is -0.375. The fraction of sp³-hybridized carbons (Fsp3) is 0.933. The molecule has 0 amide bonds. The maximum atomic E-state index is 11.9. The molecule has 0 spiro atoms. The van der Waals surface area contributed by atoms with Crippen LogP contribution in [0.4, 0.5) is 0 Å². The van der Waals surface area contributed by atoms with E-state index in [4.69, 9.17) is 0 Å². The van der Waals surface area contributed by atoms with Crippen molar-refractivity contribution in [2.45, 2.75) is 44.7 Å². The SMILES string of the molecule is CCNC(CN1CCCN(C)CC1C)(C(=O)O)C1CC1. The monoisotopic (exact) mass is 283 g/mol. The van der Waals surface area contributed by atoms with Crippen LogP contribution in [-0.2, 0) is 4.79 Å². The number of nitrogens with zero attached hydrogens (tertiary/aromatic N) is 2. The Bertz CT molecular complexity index is 346. The van der Waals surface area contributed by atoms with Crippen LogP contribution in [-0.4, -0.2) is 72.2 Å². The Kier molecular flexibility index (Phi) is 5.04. The zero-order valence-electron chi connectivity index (χ0n) is 13.1. The minimum absolute atomic E-state index is 0.299. The Balaban J connectivity index is 2.11. The highest BCUT2D eigenvalue weighted by Gasteiger charge is 2.52. The second-order valence-electron chi connectivity index (χ2n) is 6.52. The molecule has 0 aromatic rings. The standard InChI is InChI=1S/C15H29N3O2/c1-4-16-15(14(19)20,13-6-7-13)11-18-9-5-8-17(3)10-12(18)2/h12-13,16H,4-11H2,1-3H3,(H,19,20). The van der Waals surface area contributed by atoms with Gasteiger partial charge in [-0.2, -0.15) is 0 Å². The molecule has 2 rings (SSSR count). The smallest absolute Gasteiger partial charge is 0.325 e. The lowest BCUT2D eigenvalue weighted by Gasteiger charge is -2.38. The minimum Gasteiger partial charge on any atom is -0.480 e. The van der Waals surface area contributed by atoms with Gasteiger partial charge in [-0.3, -0.25) is 9.69 Å². The molecule has 2 atom stereocenters. The summed E-state index contributed by atoms with van der Waals surface area (Å²) < 4.78 is 0. The molecule has 1 saturated heterocycles. The maximum absolute atomic E-state index is 11.9. The predicted octanol–water partition coefficient (Wildman–Crippen LogP) is 0.855. The van der Waals surface area contributed by atoms with Gasteiger partial charge in [-0.1, -0.05) is 6.92 Å². The highest BCUT2D eigenvalue weighted by atomic mass is 16.4. The first kappa shape index (κ1) is 15.7. The first-order chi connectivity index (χ1) is 9.49. The Morgan fingerprint density at radius 3 is 2.65 bits per heavy atom. The third kappa shape index (κ3) is 3.32. The second kappa shape index (κ2) is 6.41. The van der Waals surface area contributed by atoms with E-state index in [9.17, 15) is 9.90 Å². The fourth-order valence-corrected chi connectivity index (χ4v) is 3.52. The highest BCUT2D eigenvalue weighted by Crippen LogP contribution is 2.40. The number of rotatable bonds is 6. The summed E-state index contributed by atoms with van der Waals surface area (Å²) in [7, 11) is 2.15. The Hall–Kier alpha value is -0.650. The van der Waals surface area contributed by atoms with Gasteiger partial charge in [0.1, 0.15) is 5.54 Å². The molecule has 5 heteroatoms. The Morgan fingerprint density at radius 2 is 2.10 bits per heavy atom. The number of carbonyl (C=O) groups is 1. The molecule has 5 nitrogen and oxygen atoms in total. The topological polar surface area (TPSA) is 55.8 Å². The van der Waals surface area contributed by atoms with Crippen LogP contribution in [0.15, 0.2) is 0 Å². The lowest BCUT2D eigenvalue weighted by atomic mass is 9.91. The van der Waals surface area contributed by atoms with Crippen molar-refractivity contribution in [1.29, 1.82) is 0 Å². The molecule has 2 unspecified atom stereocenters. The molecule has 1 aliphatic heterocycles. The van der Waals surface area contributed by atoms with Crippen molar-refractivity contribution in [2.24, 2.45) is 5.92 Å². The molecule has 2 N–H and O–H groups in total. The van der Waals surface area contributed by atoms with Crippen molar-refractivity contribution >= 4 is 5.97 Å². The summed E-state index contributed by atoms with van der Waals surface area (Å²) in [6.07, 6.45) is 3.20. The van der Waals surface area contributed by atoms with E-state index in [0.717, 1.165) is 38.9 Å². The van der Waals surface area contributed by atoms with Crippen LogP contribution < -0.4 is 5.32 Å². The molecule has 2 fully saturated rings. The average molecular weight is 283 g/mol. The first-order valence-electron chi connectivity index (χ1n) is 7.90. The van der Waals surface area contributed by atoms with Gasteiger partial charge in [0.15, 0.2) is 0 Å². The lowest BCUT2D eigenvalue weighted by molar-refractivity contribution is -0.147. The maximum Gasteiger partial charge on any atom is 0.325 e. The van der Waals surface area contributed by atoms with Crippen molar-refractivity contribution in [2.75, 3.05) is 39.8 Å². The summed E-state index contributed by atoms with van der Waals surface area (Å²) in [5.41, 5.74) is -0.744. The lowest BCUT2D eigenvalue weighted by Crippen LogP contribution is -2.62. The van der Waals surface area contributed by atoms with Gasteiger partial charge in [-0.15, -0.1) is 0 Å². The summed E-state index contributed by atoms with van der Waals surface area (Å²) in [4.78, 5) is 16.6. The predicted molar refractivity (Wildman–Crippen MR) is 79.9 cm³/mol. The number of carboxylic acid groups (broad SMARTS) is 1. The fourth-order valence-electron chi connectivity index (χ4n) is 3.52. The number of hydrogen-bond donors (Lipinski definition) is 2. The van der Waals surface area contributed by atoms with Crippen LogP contribution in [0, 0.1) is 5.92 Å². The van der Waals surface area contributed by atoms with Gasteiger partial charge in [0.2, 0.25) is 0 Å². The van der Waals surface area contributed by atoms with Crippen LogP contribution in [0.5, 0.6) is 0 Å². The van der Waals surface area contributed by atoms with Crippen molar-refractivity contribution in [3.8, 4) is 0 Å². The summed E-state index contributed by atoms with van der Waals surface area (Å²) in [6, 6.07) is 0.415. The van der Waals surface area contributed by atoms with E-state index in [1.807, 2.05) is 6.92 Å². The quantitative estimate of drug-likeness (QED) is 0.757. The van der Waals surface area contributed by atoms with Crippen LogP contribution in [0.2, 0.25) is 0 Å². The molecule has 116 valence electrons. The molecule has 0 aromatic carbocycles. The molecular weight excluding hydrogens is 254 g/mol. The van der Waals surface area contributed by atoms with E-state index >= 15 is 0 Å². The van der Waals surface area contributed by atoms with E-state index in [-0.39, 0.29) is 0 Å². The van der Waals surface area contributed by atoms with Crippen LogP contribution >= 0.6 is 0 Å². The zero-order valence-corrected chi connectivity index (χ0v) is 13.1. The molecule has 1 saturated carbocycles. The van der Waals surface area contributed by atoms with E-state index < -0.39 is 11.5 Å². The Morgan fingerprint density at radius 1 is 1.40 bits per heavy atom. The number of aliphatic carboxylic acids is 1. The normalized spacial score (nSPS) is 28.9. The minimum atomic E-state index is -0.744. The number of nitrogens with one attached hydrogen (secondary N) is 1. The van der Waals surface area contributed by atoms with Gasteiger partial charge in [-0.05, 0) is 58.8 Å². The van der Waals surface area contributed by atoms with E-state index in [0.29, 0.717) is 25.0 Å². The summed E-state index contributed by atoms with van der Waals surface area (Å²) >= 11 is 0. The summed E-state index contributed by atoms with van der Waals surface area (Å²) in [6.45, 7) is 8.68. The number of carboxylic acids is 1. The van der Waals surface area contributed by atoms with Crippen LogP contribution in [0.25, 0.3) is 0 Å². The van der Waals surface area contributed by atoms with Gasteiger partial charge in [0, 0.05) is 19.1 Å². The molecule has 1 aliphatic carbocycles. The van der Waals surface area contributed by atoms with Gasteiger partial charge in [0.05, 0.1) is 0 Å². The van der Waals surface area contributed by atoms with E-state index in [1.165, 1.54) is 0 Å². The summed E-state index contributed by atoms with van der Waals surface area (Å²) in [5, 5.41) is 13.1. The molecule has 0 aromatic heterocycles. The van der Waals surface area contributed by atoms with Gasteiger partial charge in [0.25, 0.3) is 0 Å². The van der Waals surface area contributed by atoms with Crippen LogP contribution in [0.1, 0.15) is 33.1 Å². The highest BCUT2D eigenvalue weighted by molar-refractivity contribution is 5.80. The van der Waals surface area contributed by atoms with Gasteiger partial charge in [-0.25, -0.2) is 0 Å². The molecule has 2 aliphatic rings. The van der Waals surface area contributed by atoms with Gasteiger partial charge < -0.3 is 15.3 Å². The van der Waals surface area contributed by atoms with Gasteiger partial charge >= 0.3 is 5.97 Å². The zero-order chi connectivity index (χ0) is 14.8. The van der Waals surface area contributed by atoms with Crippen molar-refractivity contribution in [1.82, 2.24) is 15.1 Å². The van der Waals surface area contributed by atoms with Crippen molar-refractivity contribution in [3.63, 3.8) is 0 Å². The van der Waals surface area contributed by atoms with Crippen molar-refractivity contribution in [3.05, 3.63) is 0 Å². The van der Waals surface area contributed by atoms with E-state index in [1.54, 1.807) is 0 Å². The third-order valence-corrected chi connectivity index (χ3v) is 4.79. The second-order valence-corrected chi connectivity index (χ2v) is 6.52. The largest absolute Gasteiger partial charge is 0.480 e. The Labute approximate surface area is 122 Å². The van der Waals surface area contributed by atoms with Crippen molar-refractivity contribution < 1.29 is 9.90 Å². The molecule has 0 bridgehead atoms. The number of hydrogen-bond acceptors (Lipinski definition) is 4. The first-order valence-corrected chi connectivity index (χ1v) is 7.90. The van der Waals surface area contributed by atoms with Crippen LogP contribution in [0.3, 0.4) is 0 Å².